The second-order valence-corrected chi connectivity index (χ2v) is 7.97. The summed E-state index contributed by atoms with van der Waals surface area (Å²) in [6.07, 6.45) is 3.20. The lowest BCUT2D eigenvalue weighted by atomic mass is 9.78. The van der Waals surface area contributed by atoms with E-state index < -0.39 is 0 Å². The summed E-state index contributed by atoms with van der Waals surface area (Å²) >= 11 is 12.0. The van der Waals surface area contributed by atoms with Crippen molar-refractivity contribution >= 4 is 34.6 Å². The van der Waals surface area contributed by atoms with Gasteiger partial charge in [0.05, 0.1) is 30.5 Å². The van der Waals surface area contributed by atoms with E-state index in [1.165, 1.54) is 6.07 Å². The van der Waals surface area contributed by atoms with Crippen LogP contribution in [0.25, 0.3) is 5.57 Å². The first-order valence-corrected chi connectivity index (χ1v) is 9.99. The SMILES string of the molecule is O=C1C(c2ccc(Cl)cc2)=COC2CC(OCc3c(F)cccc3Cl)CCC12. The van der Waals surface area contributed by atoms with Crippen LogP contribution in [0.15, 0.2) is 48.7 Å². The molecule has 0 amide bonds. The highest BCUT2D eigenvalue weighted by Crippen LogP contribution is 2.37. The van der Waals surface area contributed by atoms with Crippen LogP contribution in [0.3, 0.4) is 0 Å². The van der Waals surface area contributed by atoms with Crippen molar-refractivity contribution in [2.45, 2.75) is 38.1 Å². The van der Waals surface area contributed by atoms with Crippen molar-refractivity contribution in [3.63, 3.8) is 0 Å². The van der Waals surface area contributed by atoms with E-state index in [1.54, 1.807) is 30.5 Å². The van der Waals surface area contributed by atoms with Crippen LogP contribution >= 0.6 is 23.2 Å². The van der Waals surface area contributed by atoms with Crippen LogP contribution in [0.2, 0.25) is 10.0 Å². The number of ether oxygens (including phenoxy) is 2. The molecule has 0 N–H and O–H groups in total. The van der Waals surface area contributed by atoms with Crippen molar-refractivity contribution in [2.75, 3.05) is 0 Å². The summed E-state index contributed by atoms with van der Waals surface area (Å²) in [4.78, 5) is 12.9. The third-order valence-corrected chi connectivity index (χ3v) is 5.99. The first kappa shape index (κ1) is 19.4. The molecule has 0 radical (unpaired) electrons. The highest BCUT2D eigenvalue weighted by atomic mass is 35.5. The molecule has 2 aromatic rings. The van der Waals surface area contributed by atoms with E-state index in [4.69, 9.17) is 32.7 Å². The predicted molar refractivity (Wildman–Crippen MR) is 107 cm³/mol. The van der Waals surface area contributed by atoms with Crippen molar-refractivity contribution in [1.82, 2.24) is 0 Å². The van der Waals surface area contributed by atoms with E-state index in [0.717, 1.165) is 12.0 Å². The van der Waals surface area contributed by atoms with Gasteiger partial charge in [0.1, 0.15) is 11.9 Å². The summed E-state index contributed by atoms with van der Waals surface area (Å²) in [6.45, 7) is 0.105. The average Bonchev–Trinajstić information content (AvgIpc) is 2.69. The second-order valence-electron chi connectivity index (χ2n) is 7.13. The van der Waals surface area contributed by atoms with Gasteiger partial charge in [-0.3, -0.25) is 4.79 Å². The van der Waals surface area contributed by atoms with Gasteiger partial charge in [0, 0.05) is 22.0 Å². The van der Waals surface area contributed by atoms with Gasteiger partial charge in [0.25, 0.3) is 0 Å². The topological polar surface area (TPSA) is 35.5 Å². The summed E-state index contributed by atoms with van der Waals surface area (Å²) in [5.41, 5.74) is 1.74. The standard InChI is InChI=1S/C22H19Cl2FO3/c23-14-6-4-13(5-7-14)17-11-28-21-10-15(8-9-16(21)22(17)26)27-12-18-19(24)2-1-3-20(18)25/h1-7,11,15-16,21H,8-10,12H2. The molecule has 1 fully saturated rings. The Morgan fingerprint density at radius 2 is 1.89 bits per heavy atom. The Labute approximate surface area is 173 Å². The number of fused-ring (bicyclic) bond motifs is 1. The molecule has 1 heterocycles. The first-order chi connectivity index (χ1) is 13.5. The Bertz CT molecular complexity index is 890. The molecule has 4 rings (SSSR count). The molecular formula is C22H19Cl2FO3. The summed E-state index contributed by atoms with van der Waals surface area (Å²) in [7, 11) is 0. The van der Waals surface area contributed by atoms with Crippen LogP contribution in [0, 0.1) is 11.7 Å². The predicted octanol–water partition coefficient (Wildman–Crippen LogP) is 5.83. The van der Waals surface area contributed by atoms with Crippen LogP contribution in [-0.2, 0) is 20.9 Å². The van der Waals surface area contributed by atoms with Crippen molar-refractivity contribution in [3.05, 3.63) is 75.7 Å². The number of carbonyl (C=O) groups is 1. The Hall–Kier alpha value is -1.88. The van der Waals surface area contributed by atoms with Crippen LogP contribution in [0.5, 0.6) is 0 Å². The Morgan fingerprint density at radius 1 is 1.11 bits per heavy atom. The van der Waals surface area contributed by atoms with E-state index >= 15 is 0 Å². The number of ketones is 1. The fourth-order valence-electron chi connectivity index (χ4n) is 3.82. The zero-order valence-electron chi connectivity index (χ0n) is 15.0. The van der Waals surface area contributed by atoms with Crippen molar-refractivity contribution in [1.29, 1.82) is 0 Å². The monoisotopic (exact) mass is 420 g/mol. The molecule has 1 saturated carbocycles. The van der Waals surface area contributed by atoms with Crippen LogP contribution in [-0.4, -0.2) is 18.0 Å². The molecule has 146 valence electrons. The molecule has 0 spiro atoms. The van der Waals surface area contributed by atoms with Crippen molar-refractivity contribution in [3.8, 4) is 0 Å². The van der Waals surface area contributed by atoms with Gasteiger partial charge >= 0.3 is 0 Å². The third-order valence-electron chi connectivity index (χ3n) is 5.39. The van der Waals surface area contributed by atoms with E-state index in [9.17, 15) is 9.18 Å². The number of hydrogen-bond acceptors (Lipinski definition) is 3. The van der Waals surface area contributed by atoms with Crippen molar-refractivity contribution in [2.24, 2.45) is 5.92 Å². The fraction of sp³-hybridized carbons (Fsp3) is 0.318. The number of carbonyl (C=O) groups excluding carboxylic acids is 1. The molecule has 3 atom stereocenters. The van der Waals surface area contributed by atoms with Gasteiger partial charge < -0.3 is 9.47 Å². The lowest BCUT2D eigenvalue weighted by Crippen LogP contribution is -2.41. The molecule has 6 heteroatoms. The zero-order chi connectivity index (χ0) is 19.7. The smallest absolute Gasteiger partial charge is 0.173 e. The summed E-state index contributed by atoms with van der Waals surface area (Å²) in [5, 5.41) is 0.979. The van der Waals surface area contributed by atoms with Gasteiger partial charge in [0.15, 0.2) is 5.78 Å². The maximum atomic E-state index is 13.9. The highest BCUT2D eigenvalue weighted by Gasteiger charge is 2.40. The molecule has 0 bridgehead atoms. The molecule has 1 aliphatic carbocycles. The Kier molecular flexibility index (Phi) is 5.72. The maximum Gasteiger partial charge on any atom is 0.173 e. The molecule has 2 aromatic carbocycles. The normalized spacial score (nSPS) is 24.3. The molecule has 0 saturated heterocycles. The van der Waals surface area contributed by atoms with E-state index in [1.807, 2.05) is 12.1 Å². The Morgan fingerprint density at radius 3 is 2.64 bits per heavy atom. The zero-order valence-corrected chi connectivity index (χ0v) is 16.5. The van der Waals surface area contributed by atoms with Crippen LogP contribution in [0.1, 0.15) is 30.4 Å². The number of Topliss-reactive ketones (excluding diaryl/α,β-unsaturated/α-hetero) is 1. The van der Waals surface area contributed by atoms with Crippen LogP contribution < -0.4 is 0 Å². The lowest BCUT2D eigenvalue weighted by Gasteiger charge is -2.37. The maximum absolute atomic E-state index is 13.9. The van der Waals surface area contributed by atoms with E-state index in [2.05, 4.69) is 0 Å². The quantitative estimate of drug-likeness (QED) is 0.624. The number of allylic oxidation sites excluding steroid dienone is 1. The van der Waals surface area contributed by atoms with Gasteiger partial charge in [0.2, 0.25) is 0 Å². The summed E-state index contributed by atoms with van der Waals surface area (Å²) in [5.74, 6) is -0.470. The minimum Gasteiger partial charge on any atom is -0.496 e. The Balaban J connectivity index is 1.41. The molecule has 2 aliphatic rings. The largest absolute Gasteiger partial charge is 0.496 e. The van der Waals surface area contributed by atoms with Gasteiger partial charge in [-0.05, 0) is 42.7 Å². The lowest BCUT2D eigenvalue weighted by molar-refractivity contribution is -0.128. The minimum atomic E-state index is -0.374. The number of rotatable bonds is 4. The highest BCUT2D eigenvalue weighted by molar-refractivity contribution is 6.31. The fourth-order valence-corrected chi connectivity index (χ4v) is 4.16. The third kappa shape index (κ3) is 3.95. The molecule has 3 unspecified atom stereocenters. The molecule has 1 aliphatic heterocycles. The van der Waals surface area contributed by atoms with Gasteiger partial charge in [-0.1, -0.05) is 41.4 Å². The first-order valence-electron chi connectivity index (χ1n) is 9.23. The number of halogens is 3. The van der Waals surface area contributed by atoms with Gasteiger partial charge in [-0.25, -0.2) is 4.39 Å². The average molecular weight is 421 g/mol. The van der Waals surface area contributed by atoms with Crippen molar-refractivity contribution < 1.29 is 18.7 Å². The molecule has 28 heavy (non-hydrogen) atoms. The second kappa shape index (κ2) is 8.24. The molecular weight excluding hydrogens is 402 g/mol. The molecule has 0 aromatic heterocycles. The minimum absolute atomic E-state index is 0.0918. The molecule has 3 nitrogen and oxygen atoms in total. The van der Waals surface area contributed by atoms with Gasteiger partial charge in [-0.15, -0.1) is 0 Å². The van der Waals surface area contributed by atoms with E-state index in [-0.39, 0.29) is 36.3 Å². The summed E-state index contributed by atoms with van der Waals surface area (Å²) < 4.78 is 25.7. The van der Waals surface area contributed by atoms with E-state index in [0.29, 0.717) is 34.0 Å². The number of hydrogen-bond donors (Lipinski definition) is 0. The van der Waals surface area contributed by atoms with Crippen LogP contribution in [0.4, 0.5) is 4.39 Å². The summed E-state index contributed by atoms with van der Waals surface area (Å²) in [6, 6.07) is 11.7. The number of benzene rings is 2. The van der Waals surface area contributed by atoms with Gasteiger partial charge in [-0.2, -0.15) is 0 Å².